The van der Waals surface area contributed by atoms with E-state index in [0.29, 0.717) is 6.54 Å². The van der Waals surface area contributed by atoms with E-state index in [1.165, 1.54) is 11.1 Å². The van der Waals surface area contributed by atoms with Gasteiger partial charge in [-0.05, 0) is 18.1 Å². The Bertz CT molecular complexity index is 752. The Morgan fingerprint density at radius 3 is 2.18 bits per heavy atom. The molecular weight excluding hydrogens is 346 g/mol. The van der Waals surface area contributed by atoms with Gasteiger partial charge in [-0.2, -0.15) is 0 Å². The van der Waals surface area contributed by atoms with Gasteiger partial charge >= 0.3 is 0 Å². The number of hydrogen-bond acceptors (Lipinski definition) is 3. The molecule has 0 saturated carbocycles. The lowest BCUT2D eigenvalue weighted by Crippen LogP contribution is -2.49. The molecule has 28 heavy (non-hydrogen) atoms. The summed E-state index contributed by atoms with van der Waals surface area (Å²) in [5.41, 5.74) is 2.41. The molecule has 0 spiro atoms. The van der Waals surface area contributed by atoms with E-state index in [9.17, 15) is 4.79 Å². The average molecular weight is 378 g/mol. The van der Waals surface area contributed by atoms with Gasteiger partial charge in [0.05, 0.1) is 12.6 Å². The standard InChI is InChI=1S/C24H31N3O/c1-21(23-13-7-4-8-14-23)25(2)24(28)20-27-18-16-26(17-19-27)15-9-12-22-10-5-3-6-11-22/h3-14,21H,15-20H2,1-2H3/b12-9+/t21-/m1/s1. The van der Waals surface area contributed by atoms with Crippen molar-refractivity contribution in [2.45, 2.75) is 13.0 Å². The van der Waals surface area contributed by atoms with Gasteiger partial charge in [-0.1, -0.05) is 72.8 Å². The number of rotatable bonds is 7. The van der Waals surface area contributed by atoms with Crippen LogP contribution in [0.5, 0.6) is 0 Å². The Kier molecular flexibility index (Phi) is 7.40. The minimum absolute atomic E-state index is 0.0955. The topological polar surface area (TPSA) is 26.8 Å². The average Bonchev–Trinajstić information content (AvgIpc) is 2.75. The Morgan fingerprint density at radius 1 is 0.964 bits per heavy atom. The van der Waals surface area contributed by atoms with E-state index < -0.39 is 0 Å². The minimum atomic E-state index is 0.0955. The van der Waals surface area contributed by atoms with Crippen LogP contribution in [-0.2, 0) is 4.79 Å². The summed E-state index contributed by atoms with van der Waals surface area (Å²) >= 11 is 0. The fourth-order valence-electron chi connectivity index (χ4n) is 3.51. The lowest BCUT2D eigenvalue weighted by atomic mass is 10.1. The van der Waals surface area contributed by atoms with Gasteiger partial charge in [0.25, 0.3) is 0 Å². The maximum Gasteiger partial charge on any atom is 0.236 e. The summed E-state index contributed by atoms with van der Waals surface area (Å²) in [5.74, 6) is 0.189. The van der Waals surface area contributed by atoms with Gasteiger partial charge in [-0.15, -0.1) is 0 Å². The number of amides is 1. The van der Waals surface area contributed by atoms with E-state index in [0.717, 1.165) is 32.7 Å². The van der Waals surface area contributed by atoms with Crippen molar-refractivity contribution in [2.75, 3.05) is 46.3 Å². The lowest BCUT2D eigenvalue weighted by molar-refractivity contribution is -0.133. The van der Waals surface area contributed by atoms with Crippen LogP contribution in [-0.4, -0.2) is 66.9 Å². The Labute approximate surface area is 169 Å². The molecule has 1 amide bonds. The Hall–Kier alpha value is -2.43. The van der Waals surface area contributed by atoms with Crippen molar-refractivity contribution in [3.05, 3.63) is 77.9 Å². The highest BCUT2D eigenvalue weighted by Crippen LogP contribution is 2.18. The van der Waals surface area contributed by atoms with E-state index in [1.54, 1.807) is 0 Å². The molecule has 0 bridgehead atoms. The fraction of sp³-hybridized carbons (Fsp3) is 0.375. The summed E-state index contributed by atoms with van der Waals surface area (Å²) in [4.78, 5) is 19.3. The summed E-state index contributed by atoms with van der Waals surface area (Å²) in [5, 5.41) is 0. The zero-order valence-electron chi connectivity index (χ0n) is 17.0. The number of benzene rings is 2. The summed E-state index contributed by atoms with van der Waals surface area (Å²) in [7, 11) is 1.91. The summed E-state index contributed by atoms with van der Waals surface area (Å²) in [6, 6.07) is 20.7. The van der Waals surface area contributed by atoms with E-state index in [-0.39, 0.29) is 11.9 Å². The third-order valence-electron chi connectivity index (χ3n) is 5.55. The smallest absolute Gasteiger partial charge is 0.236 e. The Morgan fingerprint density at radius 2 is 1.54 bits per heavy atom. The van der Waals surface area contributed by atoms with Gasteiger partial charge in [-0.3, -0.25) is 14.6 Å². The molecule has 2 aromatic rings. The van der Waals surface area contributed by atoms with Gasteiger partial charge in [-0.25, -0.2) is 0 Å². The quantitative estimate of drug-likeness (QED) is 0.738. The molecular formula is C24H31N3O. The first-order chi connectivity index (χ1) is 13.6. The number of piperazine rings is 1. The first-order valence-electron chi connectivity index (χ1n) is 10.1. The molecule has 4 nitrogen and oxygen atoms in total. The molecule has 0 N–H and O–H groups in total. The van der Waals surface area contributed by atoms with Crippen LogP contribution in [0.15, 0.2) is 66.7 Å². The second-order valence-electron chi connectivity index (χ2n) is 7.48. The van der Waals surface area contributed by atoms with Gasteiger partial charge < -0.3 is 4.90 Å². The first kappa shape index (κ1) is 20.3. The van der Waals surface area contributed by atoms with Gasteiger partial charge in [0.2, 0.25) is 5.91 Å². The van der Waals surface area contributed by atoms with Crippen molar-refractivity contribution in [2.24, 2.45) is 0 Å². The molecule has 1 heterocycles. The highest BCUT2D eigenvalue weighted by Gasteiger charge is 2.22. The third kappa shape index (κ3) is 5.78. The van der Waals surface area contributed by atoms with Crippen LogP contribution in [0.3, 0.4) is 0 Å². The van der Waals surface area contributed by atoms with Crippen molar-refractivity contribution < 1.29 is 4.79 Å². The van der Waals surface area contributed by atoms with Crippen LogP contribution in [0.4, 0.5) is 0 Å². The molecule has 2 aromatic carbocycles. The van der Waals surface area contributed by atoms with Gasteiger partial charge in [0.1, 0.15) is 0 Å². The van der Waals surface area contributed by atoms with E-state index in [1.807, 2.05) is 36.2 Å². The molecule has 0 aromatic heterocycles. The second-order valence-corrected chi connectivity index (χ2v) is 7.48. The predicted molar refractivity (Wildman–Crippen MR) is 116 cm³/mol. The van der Waals surface area contributed by atoms with Crippen LogP contribution in [0, 0.1) is 0 Å². The number of nitrogens with zero attached hydrogens (tertiary/aromatic N) is 3. The fourth-order valence-corrected chi connectivity index (χ4v) is 3.51. The SMILES string of the molecule is C[C@H](c1ccccc1)N(C)C(=O)CN1CCN(C/C=C/c2ccccc2)CC1. The van der Waals surface area contributed by atoms with Crippen molar-refractivity contribution in [3.8, 4) is 0 Å². The van der Waals surface area contributed by atoms with E-state index in [4.69, 9.17) is 0 Å². The summed E-state index contributed by atoms with van der Waals surface area (Å²) < 4.78 is 0. The van der Waals surface area contributed by atoms with Gasteiger partial charge in [0.15, 0.2) is 0 Å². The van der Waals surface area contributed by atoms with Crippen molar-refractivity contribution in [1.29, 1.82) is 0 Å². The molecule has 1 aliphatic rings. The maximum atomic E-state index is 12.7. The minimum Gasteiger partial charge on any atom is -0.338 e. The van der Waals surface area contributed by atoms with Crippen LogP contribution in [0.25, 0.3) is 6.08 Å². The second kappa shape index (κ2) is 10.2. The highest BCUT2D eigenvalue weighted by atomic mass is 16.2. The number of carbonyl (C=O) groups excluding carboxylic acids is 1. The largest absolute Gasteiger partial charge is 0.338 e. The molecule has 0 aliphatic carbocycles. The molecule has 0 radical (unpaired) electrons. The number of hydrogen-bond donors (Lipinski definition) is 0. The van der Waals surface area contributed by atoms with Crippen LogP contribution in [0.2, 0.25) is 0 Å². The third-order valence-corrected chi connectivity index (χ3v) is 5.55. The zero-order valence-corrected chi connectivity index (χ0v) is 17.0. The molecule has 148 valence electrons. The number of carbonyl (C=O) groups is 1. The van der Waals surface area contributed by atoms with E-state index in [2.05, 4.69) is 65.3 Å². The highest BCUT2D eigenvalue weighted by molar-refractivity contribution is 5.78. The van der Waals surface area contributed by atoms with Gasteiger partial charge in [0, 0.05) is 39.8 Å². The van der Waals surface area contributed by atoms with Crippen molar-refractivity contribution in [3.63, 3.8) is 0 Å². The summed E-state index contributed by atoms with van der Waals surface area (Å²) in [6.07, 6.45) is 4.40. The first-order valence-corrected chi connectivity index (χ1v) is 10.1. The molecule has 0 unspecified atom stereocenters. The lowest BCUT2D eigenvalue weighted by Gasteiger charge is -2.35. The van der Waals surface area contributed by atoms with Crippen LogP contribution in [0.1, 0.15) is 24.1 Å². The van der Waals surface area contributed by atoms with Crippen molar-refractivity contribution >= 4 is 12.0 Å². The molecule has 1 aliphatic heterocycles. The molecule has 1 fully saturated rings. The number of likely N-dealkylation sites (N-methyl/N-ethyl adjacent to an activating group) is 1. The summed E-state index contributed by atoms with van der Waals surface area (Å²) in [6.45, 7) is 7.44. The predicted octanol–water partition coefficient (Wildman–Crippen LogP) is 3.54. The molecule has 1 atom stereocenters. The van der Waals surface area contributed by atoms with Crippen LogP contribution < -0.4 is 0 Å². The molecule has 3 rings (SSSR count). The maximum absolute atomic E-state index is 12.7. The molecule has 4 heteroatoms. The van der Waals surface area contributed by atoms with E-state index >= 15 is 0 Å². The monoisotopic (exact) mass is 377 g/mol. The Balaban J connectivity index is 1.41. The molecule has 1 saturated heterocycles. The van der Waals surface area contributed by atoms with Crippen LogP contribution >= 0.6 is 0 Å². The zero-order chi connectivity index (χ0) is 19.8. The van der Waals surface area contributed by atoms with Crippen molar-refractivity contribution in [1.82, 2.24) is 14.7 Å². The normalized spacial score (nSPS) is 16.9.